The Morgan fingerprint density at radius 3 is 2.17 bits per heavy atom. The van der Waals surface area contributed by atoms with E-state index in [-0.39, 0.29) is 16.5 Å². The molecule has 0 aliphatic carbocycles. The molecular formula is C20H16FN3O4S. The van der Waals surface area contributed by atoms with E-state index in [1.54, 1.807) is 36.4 Å². The lowest BCUT2D eigenvalue weighted by molar-refractivity contribution is 0.0977. The number of carbonyl (C=O) groups excluding carboxylic acids is 1. The zero-order valence-corrected chi connectivity index (χ0v) is 15.7. The first-order chi connectivity index (χ1) is 13.8. The van der Waals surface area contributed by atoms with E-state index in [1.807, 2.05) is 0 Å². The number of guanidine groups is 1. The predicted octanol–water partition coefficient (Wildman–Crippen LogP) is 3.60. The third-order valence-electron chi connectivity index (χ3n) is 3.75. The Hall–Kier alpha value is -3.56. The molecule has 0 saturated heterocycles. The largest absolute Gasteiger partial charge is 0.324 e. The summed E-state index contributed by atoms with van der Waals surface area (Å²) in [6.07, 6.45) is 0. The van der Waals surface area contributed by atoms with Crippen molar-refractivity contribution in [3.63, 3.8) is 0 Å². The summed E-state index contributed by atoms with van der Waals surface area (Å²) in [4.78, 5) is 16.3. The van der Waals surface area contributed by atoms with Crippen LogP contribution >= 0.6 is 0 Å². The van der Waals surface area contributed by atoms with E-state index >= 15 is 0 Å². The van der Waals surface area contributed by atoms with Crippen LogP contribution in [0.1, 0.15) is 10.4 Å². The maximum absolute atomic E-state index is 13.2. The maximum Gasteiger partial charge on any atom is 0.296 e. The standard InChI is InChI=1S/C20H16FN3O4S/c21-15-10-12-16(13-11-15)22-20(24-19(25)14-6-2-1-3-7-14)23-17-8-4-5-9-18(17)29(26,27)28/h1-13H,(H,26,27,28)(H2,22,23,24,25). The van der Waals surface area contributed by atoms with Gasteiger partial charge in [0.05, 0.1) is 11.4 Å². The number of anilines is 1. The first-order valence-corrected chi connectivity index (χ1v) is 9.81. The Kier molecular flexibility index (Phi) is 6.01. The molecule has 1 amide bonds. The quantitative estimate of drug-likeness (QED) is 0.344. The van der Waals surface area contributed by atoms with Gasteiger partial charge >= 0.3 is 0 Å². The van der Waals surface area contributed by atoms with Crippen LogP contribution in [0.25, 0.3) is 0 Å². The molecule has 0 spiro atoms. The zero-order valence-electron chi connectivity index (χ0n) is 14.9. The minimum absolute atomic E-state index is 0.00391. The molecule has 0 aliphatic heterocycles. The predicted molar refractivity (Wildman–Crippen MR) is 107 cm³/mol. The van der Waals surface area contributed by atoms with Crippen LogP contribution in [-0.4, -0.2) is 24.8 Å². The number of nitrogens with one attached hydrogen (secondary N) is 2. The molecule has 9 heteroatoms. The highest BCUT2D eigenvalue weighted by molar-refractivity contribution is 7.86. The summed E-state index contributed by atoms with van der Waals surface area (Å²) in [5, 5.41) is 5.26. The van der Waals surface area contributed by atoms with Crippen molar-refractivity contribution in [1.29, 1.82) is 0 Å². The van der Waals surface area contributed by atoms with Crippen molar-refractivity contribution in [2.24, 2.45) is 4.99 Å². The van der Waals surface area contributed by atoms with Gasteiger partial charge in [0.15, 0.2) is 0 Å². The fourth-order valence-corrected chi connectivity index (χ4v) is 3.07. The minimum atomic E-state index is -4.52. The van der Waals surface area contributed by atoms with Gasteiger partial charge in [0.2, 0.25) is 5.96 Å². The molecule has 0 atom stereocenters. The van der Waals surface area contributed by atoms with Crippen molar-refractivity contribution in [3.05, 3.63) is 90.2 Å². The lowest BCUT2D eigenvalue weighted by atomic mass is 10.2. The van der Waals surface area contributed by atoms with Gasteiger partial charge in [-0.2, -0.15) is 8.42 Å². The number of carbonyl (C=O) groups is 1. The van der Waals surface area contributed by atoms with Crippen molar-refractivity contribution in [3.8, 4) is 0 Å². The van der Waals surface area contributed by atoms with E-state index in [4.69, 9.17) is 0 Å². The summed E-state index contributed by atoms with van der Waals surface area (Å²) in [6, 6.07) is 19.1. The third-order valence-corrected chi connectivity index (χ3v) is 4.67. The molecule has 0 fully saturated rings. The SMILES string of the molecule is O=C(N/C(=N/c1ccc(F)cc1)Nc1ccccc1S(=O)(=O)O)c1ccccc1. The van der Waals surface area contributed by atoms with E-state index in [1.165, 1.54) is 42.5 Å². The van der Waals surface area contributed by atoms with Gasteiger partial charge in [-0.15, -0.1) is 0 Å². The first kappa shape index (κ1) is 20.2. The monoisotopic (exact) mass is 413 g/mol. The fourth-order valence-electron chi connectivity index (χ4n) is 2.42. The second-order valence-electron chi connectivity index (χ2n) is 5.85. The molecule has 3 aromatic rings. The van der Waals surface area contributed by atoms with Crippen molar-refractivity contribution in [2.45, 2.75) is 4.90 Å². The number of nitrogens with zero attached hydrogens (tertiary/aromatic N) is 1. The van der Waals surface area contributed by atoms with Crippen LogP contribution in [0.3, 0.4) is 0 Å². The normalized spacial score (nSPS) is 11.7. The number of amides is 1. The highest BCUT2D eigenvalue weighted by Crippen LogP contribution is 2.21. The summed E-state index contributed by atoms with van der Waals surface area (Å²) in [7, 11) is -4.52. The van der Waals surface area contributed by atoms with Crippen molar-refractivity contribution in [1.82, 2.24) is 5.32 Å². The van der Waals surface area contributed by atoms with Crippen LogP contribution in [0, 0.1) is 5.82 Å². The number of para-hydroxylation sites is 1. The summed E-state index contributed by atoms with van der Waals surface area (Å²) in [5.74, 6) is -1.06. The molecule has 0 aliphatic rings. The maximum atomic E-state index is 13.2. The van der Waals surface area contributed by atoms with Gasteiger partial charge in [-0.25, -0.2) is 9.38 Å². The summed E-state index contributed by atoms with van der Waals surface area (Å²) >= 11 is 0. The molecule has 7 nitrogen and oxygen atoms in total. The number of rotatable bonds is 4. The topological polar surface area (TPSA) is 108 Å². The van der Waals surface area contributed by atoms with Gasteiger partial charge in [-0.05, 0) is 48.5 Å². The molecule has 3 aromatic carbocycles. The van der Waals surface area contributed by atoms with Crippen molar-refractivity contribution in [2.75, 3.05) is 5.32 Å². The van der Waals surface area contributed by atoms with Gasteiger partial charge < -0.3 is 5.32 Å². The average Bonchev–Trinajstić information content (AvgIpc) is 2.70. The molecule has 29 heavy (non-hydrogen) atoms. The van der Waals surface area contributed by atoms with Crippen LogP contribution in [0.5, 0.6) is 0 Å². The molecular weight excluding hydrogens is 397 g/mol. The highest BCUT2D eigenvalue weighted by Gasteiger charge is 2.17. The van der Waals surface area contributed by atoms with E-state index in [0.29, 0.717) is 11.3 Å². The molecule has 148 valence electrons. The van der Waals surface area contributed by atoms with Gasteiger partial charge in [-0.1, -0.05) is 30.3 Å². The van der Waals surface area contributed by atoms with Crippen molar-refractivity contribution < 1.29 is 22.2 Å². The van der Waals surface area contributed by atoms with E-state index in [0.717, 1.165) is 0 Å². The van der Waals surface area contributed by atoms with E-state index in [2.05, 4.69) is 15.6 Å². The van der Waals surface area contributed by atoms with Gasteiger partial charge in [0.1, 0.15) is 10.7 Å². The number of halogens is 1. The Balaban J connectivity index is 1.97. The minimum Gasteiger partial charge on any atom is -0.324 e. The van der Waals surface area contributed by atoms with Crippen LogP contribution in [0.15, 0.2) is 88.8 Å². The molecule has 0 radical (unpaired) electrons. The molecule has 0 aromatic heterocycles. The second kappa shape index (κ2) is 8.63. The van der Waals surface area contributed by atoms with Crippen LogP contribution < -0.4 is 10.6 Å². The van der Waals surface area contributed by atoms with Gasteiger partial charge in [-0.3, -0.25) is 14.7 Å². The Morgan fingerprint density at radius 1 is 0.897 bits per heavy atom. The summed E-state index contributed by atoms with van der Waals surface area (Å²) < 4.78 is 45.8. The van der Waals surface area contributed by atoms with Gasteiger partial charge in [0, 0.05) is 5.56 Å². The fraction of sp³-hybridized carbons (Fsp3) is 0. The van der Waals surface area contributed by atoms with E-state index in [9.17, 15) is 22.2 Å². The molecule has 0 saturated carbocycles. The highest BCUT2D eigenvalue weighted by atomic mass is 32.2. The Morgan fingerprint density at radius 2 is 1.52 bits per heavy atom. The van der Waals surface area contributed by atoms with Crippen LogP contribution in [0.4, 0.5) is 15.8 Å². The van der Waals surface area contributed by atoms with Gasteiger partial charge in [0.25, 0.3) is 16.0 Å². The second-order valence-corrected chi connectivity index (χ2v) is 7.24. The number of benzene rings is 3. The summed E-state index contributed by atoms with van der Waals surface area (Å²) in [5.41, 5.74) is 0.667. The molecule has 0 heterocycles. The average molecular weight is 413 g/mol. The lowest BCUT2D eigenvalue weighted by Gasteiger charge is -2.14. The van der Waals surface area contributed by atoms with Crippen LogP contribution in [-0.2, 0) is 10.1 Å². The first-order valence-electron chi connectivity index (χ1n) is 8.37. The number of hydrogen-bond donors (Lipinski definition) is 3. The molecule has 0 unspecified atom stereocenters. The van der Waals surface area contributed by atoms with Crippen molar-refractivity contribution >= 4 is 33.4 Å². The third kappa shape index (κ3) is 5.47. The lowest BCUT2D eigenvalue weighted by Crippen LogP contribution is -2.36. The molecule has 0 bridgehead atoms. The molecule has 3 rings (SSSR count). The zero-order chi connectivity index (χ0) is 20.9. The van der Waals surface area contributed by atoms with E-state index < -0.39 is 21.8 Å². The Bertz CT molecular complexity index is 1150. The molecule has 3 N–H and O–H groups in total. The summed E-state index contributed by atoms with van der Waals surface area (Å²) in [6.45, 7) is 0. The Labute approximate surface area is 166 Å². The number of hydrogen-bond acceptors (Lipinski definition) is 4. The number of aliphatic imine (C=N–C) groups is 1. The van der Waals surface area contributed by atoms with Crippen LogP contribution in [0.2, 0.25) is 0 Å². The smallest absolute Gasteiger partial charge is 0.296 e.